The third kappa shape index (κ3) is 3.37. The summed E-state index contributed by atoms with van der Waals surface area (Å²) in [4.78, 5) is 0. The Morgan fingerprint density at radius 1 is 0.889 bits per heavy atom. The fourth-order valence-electron chi connectivity index (χ4n) is 3.27. The third-order valence-corrected chi connectivity index (χ3v) is 5.26. The highest BCUT2D eigenvalue weighted by Gasteiger charge is 2.23. The van der Waals surface area contributed by atoms with Crippen molar-refractivity contribution in [3.8, 4) is 22.6 Å². The van der Waals surface area contributed by atoms with E-state index in [0.29, 0.717) is 0 Å². The first kappa shape index (κ1) is 17.5. The molecule has 0 heterocycles. The molecule has 27 heavy (non-hydrogen) atoms. The molecule has 134 valence electrons. The normalized spacial score (nSPS) is 11.7. The van der Waals surface area contributed by atoms with Gasteiger partial charge in [0.2, 0.25) is 5.75 Å². The van der Waals surface area contributed by atoms with E-state index in [2.05, 4.69) is 30.3 Å². The van der Waals surface area contributed by atoms with E-state index in [-0.39, 0.29) is 18.1 Å². The van der Waals surface area contributed by atoms with Crippen LogP contribution in [0.4, 0.5) is 0 Å². The maximum atomic E-state index is 11.6. The van der Waals surface area contributed by atoms with Crippen molar-refractivity contribution < 1.29 is 18.7 Å². The quantitative estimate of drug-likeness (QED) is 0.321. The lowest BCUT2D eigenvalue weighted by molar-refractivity contribution is 0.298. The molecule has 4 aromatic carbocycles. The molecule has 4 nitrogen and oxygen atoms in total. The van der Waals surface area contributed by atoms with Crippen molar-refractivity contribution in [3.05, 3.63) is 72.8 Å². The van der Waals surface area contributed by atoms with Crippen LogP contribution < -0.4 is 4.52 Å². The molecule has 0 saturated carbocycles. The van der Waals surface area contributed by atoms with Crippen LogP contribution in [0.3, 0.4) is 0 Å². The molecule has 4 aromatic rings. The summed E-state index contributed by atoms with van der Waals surface area (Å²) in [6.07, 6.45) is 0. The van der Waals surface area contributed by atoms with Crippen molar-refractivity contribution in [2.24, 2.45) is 0 Å². The second-order valence-corrected chi connectivity index (χ2v) is 6.99. The molecule has 0 aromatic heterocycles. The highest BCUT2D eigenvalue weighted by Crippen LogP contribution is 2.40. The summed E-state index contributed by atoms with van der Waals surface area (Å²) in [6, 6.07) is 23.6. The molecule has 0 fully saturated rings. The Morgan fingerprint density at radius 3 is 2.33 bits per heavy atom. The van der Waals surface area contributed by atoms with Crippen molar-refractivity contribution >= 4 is 29.8 Å². The summed E-state index contributed by atoms with van der Waals surface area (Å²) in [5.41, 5.74) is 1.87. The van der Waals surface area contributed by atoms with Crippen molar-refractivity contribution in [1.29, 1.82) is 0 Å². The first-order valence-corrected chi connectivity index (χ1v) is 9.79. The van der Waals surface area contributed by atoms with Gasteiger partial charge in [0, 0.05) is 4.57 Å². The zero-order valence-corrected chi connectivity index (χ0v) is 15.6. The predicted molar refractivity (Wildman–Crippen MR) is 108 cm³/mol. The molecule has 0 aliphatic carbocycles. The van der Waals surface area contributed by atoms with Gasteiger partial charge in [-0.2, -0.15) is 0 Å². The molecule has 0 amide bonds. The standard InChI is InChI=1S/C22H17O4P/c1-2-25-27(24)26-22-12-11-16(14-21(22)23)20-13-15-7-3-4-8-17(15)18-9-5-6-10-19(18)20/h3-14H,2H2,1H3/p+1. The Labute approximate surface area is 157 Å². The number of hydrogen-bond donors (Lipinski definition) is 1. The summed E-state index contributed by atoms with van der Waals surface area (Å²) in [5.74, 6) is 0.0613. The fraction of sp³-hybridized carbons (Fsp3) is 0.0909. The Morgan fingerprint density at radius 2 is 1.59 bits per heavy atom. The van der Waals surface area contributed by atoms with Crippen molar-refractivity contribution in [2.45, 2.75) is 6.92 Å². The zero-order chi connectivity index (χ0) is 18.8. The molecule has 1 unspecified atom stereocenters. The SMILES string of the molecule is CCO[P+](=O)Oc1ccc(-c2cc3ccccc3c3ccccc23)cc1O. The van der Waals surface area contributed by atoms with Gasteiger partial charge in [0.15, 0.2) is 5.75 Å². The van der Waals surface area contributed by atoms with E-state index in [1.807, 2.05) is 30.3 Å². The number of aromatic hydroxyl groups is 1. The maximum Gasteiger partial charge on any atom is 0.750 e. The smallest absolute Gasteiger partial charge is 0.504 e. The molecular formula is C22H18O4P+. The van der Waals surface area contributed by atoms with Crippen LogP contribution in [0, 0.1) is 0 Å². The van der Waals surface area contributed by atoms with Gasteiger partial charge in [-0.15, -0.1) is 4.52 Å². The molecule has 4 rings (SSSR count). The summed E-state index contributed by atoms with van der Waals surface area (Å²) in [7, 11) is -2.30. The molecule has 0 radical (unpaired) electrons. The Balaban J connectivity index is 1.84. The van der Waals surface area contributed by atoms with Gasteiger partial charge in [0.1, 0.15) is 6.61 Å². The highest BCUT2D eigenvalue weighted by molar-refractivity contribution is 7.33. The van der Waals surface area contributed by atoms with E-state index in [1.165, 1.54) is 5.39 Å². The molecule has 0 aliphatic heterocycles. The first-order chi connectivity index (χ1) is 13.2. The molecule has 0 aliphatic rings. The van der Waals surface area contributed by atoms with Gasteiger partial charge in [-0.25, -0.2) is 4.52 Å². The second kappa shape index (κ2) is 7.36. The van der Waals surface area contributed by atoms with E-state index >= 15 is 0 Å². The van der Waals surface area contributed by atoms with Gasteiger partial charge in [0.25, 0.3) is 0 Å². The number of hydrogen-bond acceptors (Lipinski definition) is 4. The first-order valence-electron chi connectivity index (χ1n) is 8.69. The van der Waals surface area contributed by atoms with Gasteiger partial charge in [-0.3, -0.25) is 0 Å². The summed E-state index contributed by atoms with van der Waals surface area (Å²) in [6.45, 7) is 2.00. The average molecular weight is 377 g/mol. The molecule has 0 saturated heterocycles. The van der Waals surface area contributed by atoms with Gasteiger partial charge < -0.3 is 5.11 Å². The number of rotatable bonds is 5. The topological polar surface area (TPSA) is 55.8 Å². The lowest BCUT2D eigenvalue weighted by Gasteiger charge is -2.11. The van der Waals surface area contributed by atoms with Crippen LogP contribution in [0.15, 0.2) is 72.8 Å². The van der Waals surface area contributed by atoms with Crippen LogP contribution in [0.5, 0.6) is 11.5 Å². The minimum atomic E-state index is -2.30. The number of benzene rings is 4. The van der Waals surface area contributed by atoms with Gasteiger partial charge in [-0.05, 0) is 57.8 Å². The van der Waals surface area contributed by atoms with Gasteiger partial charge in [-0.1, -0.05) is 54.6 Å². The van der Waals surface area contributed by atoms with Crippen molar-refractivity contribution in [3.63, 3.8) is 0 Å². The molecule has 5 heteroatoms. The van der Waals surface area contributed by atoms with Crippen LogP contribution in [-0.2, 0) is 9.09 Å². The van der Waals surface area contributed by atoms with Gasteiger partial charge >= 0.3 is 8.25 Å². The Hall–Kier alpha value is -2.94. The molecule has 1 atom stereocenters. The van der Waals surface area contributed by atoms with Crippen LogP contribution in [-0.4, -0.2) is 11.7 Å². The van der Waals surface area contributed by atoms with E-state index in [1.54, 1.807) is 19.1 Å². The largest absolute Gasteiger partial charge is 0.750 e. The summed E-state index contributed by atoms with van der Waals surface area (Å²) >= 11 is 0. The fourth-order valence-corrected chi connectivity index (χ4v) is 3.85. The number of phenolic OH excluding ortho intramolecular Hbond substituents is 1. The van der Waals surface area contributed by atoms with Crippen LogP contribution in [0.1, 0.15) is 6.92 Å². The van der Waals surface area contributed by atoms with E-state index in [4.69, 9.17) is 9.05 Å². The molecule has 1 N–H and O–H groups in total. The summed E-state index contributed by atoms with van der Waals surface area (Å²) in [5, 5.41) is 14.9. The van der Waals surface area contributed by atoms with Crippen LogP contribution >= 0.6 is 8.25 Å². The highest BCUT2D eigenvalue weighted by atomic mass is 31.1. The van der Waals surface area contributed by atoms with E-state index in [9.17, 15) is 9.67 Å². The maximum absolute atomic E-state index is 11.6. The molecular weight excluding hydrogens is 359 g/mol. The Kier molecular flexibility index (Phi) is 4.76. The molecule has 0 spiro atoms. The number of fused-ring (bicyclic) bond motifs is 3. The lowest BCUT2D eigenvalue weighted by Crippen LogP contribution is -1.88. The molecule has 0 bridgehead atoms. The third-order valence-electron chi connectivity index (χ3n) is 4.45. The minimum Gasteiger partial charge on any atom is -0.504 e. The lowest BCUT2D eigenvalue weighted by atomic mass is 9.93. The summed E-state index contributed by atoms with van der Waals surface area (Å²) < 4.78 is 21.7. The minimum absolute atomic E-state index is 0.0761. The van der Waals surface area contributed by atoms with Crippen molar-refractivity contribution in [1.82, 2.24) is 0 Å². The number of phenols is 1. The van der Waals surface area contributed by atoms with Crippen LogP contribution in [0.25, 0.3) is 32.7 Å². The van der Waals surface area contributed by atoms with E-state index in [0.717, 1.165) is 27.3 Å². The Bertz CT molecular complexity index is 1150. The average Bonchev–Trinajstić information content (AvgIpc) is 2.69. The van der Waals surface area contributed by atoms with Gasteiger partial charge in [0.05, 0.1) is 0 Å². The van der Waals surface area contributed by atoms with E-state index < -0.39 is 8.25 Å². The second-order valence-electron chi connectivity index (χ2n) is 6.11. The zero-order valence-electron chi connectivity index (χ0n) is 14.8. The van der Waals surface area contributed by atoms with Crippen molar-refractivity contribution in [2.75, 3.05) is 6.61 Å². The predicted octanol–water partition coefficient (Wildman–Crippen LogP) is 6.44. The monoisotopic (exact) mass is 377 g/mol. The van der Waals surface area contributed by atoms with Crippen LogP contribution in [0.2, 0.25) is 0 Å².